The van der Waals surface area contributed by atoms with Crippen LogP contribution in [0.4, 0.5) is 10.5 Å². The predicted molar refractivity (Wildman–Crippen MR) is 124 cm³/mol. The summed E-state index contributed by atoms with van der Waals surface area (Å²) in [6.45, 7) is 9.48. The molecule has 3 rings (SSSR count). The number of likely N-dealkylation sites (tertiary alicyclic amines) is 1. The molecule has 1 unspecified atom stereocenters. The average Bonchev–Trinajstić information content (AvgIpc) is 3.16. The number of ether oxygens (including phenoxy) is 1. The number of guanidine groups is 1. The Morgan fingerprint density at radius 3 is 2.69 bits per heavy atom. The largest absolute Gasteiger partial charge is 0.444 e. The van der Waals surface area contributed by atoms with E-state index in [0.717, 1.165) is 50.5 Å². The van der Waals surface area contributed by atoms with Crippen molar-refractivity contribution in [3.63, 3.8) is 0 Å². The van der Waals surface area contributed by atoms with Crippen molar-refractivity contribution in [2.24, 2.45) is 18.0 Å². The lowest BCUT2D eigenvalue weighted by Crippen LogP contribution is -2.55. The van der Waals surface area contributed by atoms with E-state index in [9.17, 15) is 9.59 Å². The molecule has 2 fully saturated rings. The molecule has 0 spiro atoms. The number of nitrogens with zero attached hydrogens (tertiary/aromatic N) is 6. The lowest BCUT2D eigenvalue weighted by Gasteiger charge is -2.36. The second-order valence-corrected chi connectivity index (χ2v) is 9.54. The number of anilines is 1. The van der Waals surface area contributed by atoms with Gasteiger partial charge >= 0.3 is 6.09 Å². The predicted octanol–water partition coefficient (Wildman–Crippen LogP) is 1.68. The molecular formula is C22H37N7O3. The monoisotopic (exact) mass is 447 g/mol. The Hall–Kier alpha value is -2.78. The molecular weight excluding hydrogens is 410 g/mol. The normalized spacial score (nSPS) is 20.5. The first-order valence-corrected chi connectivity index (χ1v) is 11.4. The molecule has 0 bridgehead atoms. The Balaban J connectivity index is 1.45. The van der Waals surface area contributed by atoms with E-state index in [0.29, 0.717) is 19.0 Å². The molecule has 1 aromatic heterocycles. The van der Waals surface area contributed by atoms with Gasteiger partial charge in [0.1, 0.15) is 12.1 Å². The maximum absolute atomic E-state index is 12.7. The summed E-state index contributed by atoms with van der Waals surface area (Å²) in [4.78, 5) is 35.0. The standard InChI is InChI=1S/C22H37N7O3/c1-22(2,3)32-21(31)28-10-6-7-17(14-28)8-9-24-20(23-4)27-11-12-29(19(30)16-27)18-13-25-26(5)15-18/h13,15,17H,6-12,14,16H2,1-5H3,(H,23,24). The first-order chi connectivity index (χ1) is 15.2. The van der Waals surface area contributed by atoms with Crippen molar-refractivity contribution < 1.29 is 14.3 Å². The summed E-state index contributed by atoms with van der Waals surface area (Å²) < 4.78 is 7.22. The summed E-state index contributed by atoms with van der Waals surface area (Å²) in [5.74, 6) is 1.20. The van der Waals surface area contributed by atoms with E-state index in [4.69, 9.17) is 4.74 Å². The number of aliphatic imine (C=N–C) groups is 1. The van der Waals surface area contributed by atoms with Crippen LogP contribution < -0.4 is 10.2 Å². The molecule has 0 saturated carbocycles. The molecule has 2 amide bonds. The molecule has 2 aliphatic rings. The first kappa shape index (κ1) is 23.9. The Bertz CT molecular complexity index is 830. The van der Waals surface area contributed by atoms with Gasteiger partial charge in [0.05, 0.1) is 11.9 Å². The second-order valence-electron chi connectivity index (χ2n) is 9.54. The zero-order valence-electron chi connectivity index (χ0n) is 20.0. The van der Waals surface area contributed by atoms with Crippen molar-refractivity contribution in [2.75, 3.05) is 51.2 Å². The van der Waals surface area contributed by atoms with Crippen LogP contribution in [0, 0.1) is 5.92 Å². The number of piperazine rings is 1. The summed E-state index contributed by atoms with van der Waals surface area (Å²) in [6.07, 6.45) is 6.36. The highest BCUT2D eigenvalue weighted by Crippen LogP contribution is 2.21. The molecule has 0 radical (unpaired) electrons. The molecule has 3 heterocycles. The van der Waals surface area contributed by atoms with Crippen LogP contribution in [0.3, 0.4) is 0 Å². The minimum Gasteiger partial charge on any atom is -0.444 e. The van der Waals surface area contributed by atoms with Crippen LogP contribution in [0.25, 0.3) is 0 Å². The number of nitrogens with one attached hydrogen (secondary N) is 1. The van der Waals surface area contributed by atoms with Crippen molar-refractivity contribution in [1.82, 2.24) is 24.9 Å². The lowest BCUT2D eigenvalue weighted by atomic mass is 9.95. The van der Waals surface area contributed by atoms with Crippen LogP contribution in [0.2, 0.25) is 0 Å². The number of carbonyl (C=O) groups excluding carboxylic acids is 2. The number of piperidine rings is 1. The average molecular weight is 448 g/mol. The minimum atomic E-state index is -0.476. The Kier molecular flexibility index (Phi) is 7.63. The first-order valence-electron chi connectivity index (χ1n) is 11.4. The van der Waals surface area contributed by atoms with Crippen LogP contribution in [0.5, 0.6) is 0 Å². The van der Waals surface area contributed by atoms with Gasteiger partial charge in [-0.05, 0) is 46.0 Å². The quantitative estimate of drug-likeness (QED) is 0.557. The zero-order valence-corrected chi connectivity index (χ0v) is 20.0. The summed E-state index contributed by atoms with van der Waals surface area (Å²) in [6, 6.07) is 0. The van der Waals surface area contributed by atoms with Gasteiger partial charge in [-0.2, -0.15) is 5.10 Å². The zero-order chi connectivity index (χ0) is 23.3. The van der Waals surface area contributed by atoms with Gasteiger partial charge in [-0.15, -0.1) is 0 Å². The highest BCUT2D eigenvalue weighted by Gasteiger charge is 2.29. The van der Waals surface area contributed by atoms with Gasteiger partial charge in [-0.3, -0.25) is 14.5 Å². The highest BCUT2D eigenvalue weighted by molar-refractivity contribution is 5.98. The molecule has 2 saturated heterocycles. The molecule has 0 aromatic carbocycles. The summed E-state index contributed by atoms with van der Waals surface area (Å²) in [7, 11) is 3.58. The Morgan fingerprint density at radius 1 is 1.28 bits per heavy atom. The lowest BCUT2D eigenvalue weighted by molar-refractivity contribution is -0.120. The smallest absolute Gasteiger partial charge is 0.410 e. The third-order valence-electron chi connectivity index (χ3n) is 5.74. The van der Waals surface area contributed by atoms with E-state index in [1.807, 2.05) is 43.8 Å². The fourth-order valence-electron chi connectivity index (χ4n) is 4.19. The van der Waals surface area contributed by atoms with Gasteiger partial charge in [0.15, 0.2) is 5.96 Å². The van der Waals surface area contributed by atoms with Crippen LogP contribution in [0.1, 0.15) is 40.0 Å². The maximum atomic E-state index is 12.7. The summed E-state index contributed by atoms with van der Waals surface area (Å²) in [5.41, 5.74) is 0.350. The van der Waals surface area contributed by atoms with Gasteiger partial charge in [0.25, 0.3) is 0 Å². The molecule has 0 aliphatic carbocycles. The molecule has 1 aromatic rings. The molecule has 10 nitrogen and oxygen atoms in total. The molecule has 32 heavy (non-hydrogen) atoms. The van der Waals surface area contributed by atoms with E-state index in [1.165, 1.54) is 0 Å². The number of carbonyl (C=O) groups is 2. The summed E-state index contributed by atoms with van der Waals surface area (Å²) in [5, 5.41) is 7.56. The van der Waals surface area contributed by atoms with Crippen molar-refractivity contribution in [2.45, 2.75) is 45.6 Å². The highest BCUT2D eigenvalue weighted by atomic mass is 16.6. The van der Waals surface area contributed by atoms with Crippen molar-refractivity contribution in [3.05, 3.63) is 12.4 Å². The van der Waals surface area contributed by atoms with Gasteiger partial charge < -0.3 is 24.8 Å². The van der Waals surface area contributed by atoms with Crippen LogP contribution >= 0.6 is 0 Å². The van der Waals surface area contributed by atoms with Gasteiger partial charge in [-0.25, -0.2) is 4.79 Å². The number of aromatic nitrogens is 2. The topological polar surface area (TPSA) is 95.3 Å². The van der Waals surface area contributed by atoms with Crippen molar-refractivity contribution in [1.29, 1.82) is 0 Å². The van der Waals surface area contributed by atoms with Gasteiger partial charge in [0.2, 0.25) is 5.91 Å². The maximum Gasteiger partial charge on any atom is 0.410 e. The fraction of sp³-hybridized carbons (Fsp3) is 0.727. The van der Waals surface area contributed by atoms with E-state index < -0.39 is 5.60 Å². The van der Waals surface area contributed by atoms with E-state index in [1.54, 1.807) is 22.8 Å². The molecule has 1 atom stereocenters. The van der Waals surface area contributed by atoms with E-state index in [2.05, 4.69) is 15.4 Å². The molecule has 1 N–H and O–H groups in total. The van der Waals surface area contributed by atoms with Gasteiger partial charge in [0, 0.05) is 53.0 Å². The van der Waals surface area contributed by atoms with Gasteiger partial charge in [-0.1, -0.05) is 0 Å². The van der Waals surface area contributed by atoms with Crippen LogP contribution in [-0.4, -0.2) is 89.5 Å². The molecule has 10 heteroatoms. The van der Waals surface area contributed by atoms with E-state index >= 15 is 0 Å². The molecule has 2 aliphatic heterocycles. The third-order valence-corrected chi connectivity index (χ3v) is 5.74. The molecule has 178 valence electrons. The third kappa shape index (κ3) is 6.37. The minimum absolute atomic E-state index is 0.0347. The van der Waals surface area contributed by atoms with Crippen LogP contribution in [0.15, 0.2) is 17.4 Å². The Labute approximate surface area is 190 Å². The van der Waals surface area contributed by atoms with Crippen molar-refractivity contribution in [3.8, 4) is 0 Å². The second kappa shape index (κ2) is 10.2. The Morgan fingerprint density at radius 2 is 2.06 bits per heavy atom. The number of hydrogen-bond donors (Lipinski definition) is 1. The summed E-state index contributed by atoms with van der Waals surface area (Å²) >= 11 is 0. The fourth-order valence-corrected chi connectivity index (χ4v) is 4.19. The number of hydrogen-bond acceptors (Lipinski definition) is 5. The van der Waals surface area contributed by atoms with Crippen LogP contribution in [-0.2, 0) is 16.6 Å². The van der Waals surface area contributed by atoms with Crippen molar-refractivity contribution >= 4 is 23.6 Å². The van der Waals surface area contributed by atoms with E-state index in [-0.39, 0.29) is 18.5 Å². The SMILES string of the molecule is CN=C(NCCC1CCCN(C(=O)OC(C)(C)C)C1)N1CCN(c2cnn(C)c2)C(=O)C1. The number of rotatable bonds is 4. The number of aryl methyl sites for hydroxylation is 1. The number of amides is 2.